The number of nitrogens with zero attached hydrogens (tertiary/aromatic N) is 2. The first-order chi connectivity index (χ1) is 16.0. The van der Waals surface area contributed by atoms with Gasteiger partial charge >= 0.3 is 6.03 Å². The third-order valence-electron chi connectivity index (χ3n) is 5.09. The first-order valence-electron chi connectivity index (χ1n) is 10.2. The van der Waals surface area contributed by atoms with Gasteiger partial charge in [-0.1, -0.05) is 17.7 Å². The van der Waals surface area contributed by atoms with Crippen LogP contribution in [0.15, 0.2) is 72.9 Å². The van der Waals surface area contributed by atoms with Gasteiger partial charge in [-0.3, -0.25) is 0 Å². The van der Waals surface area contributed by atoms with Crippen molar-refractivity contribution in [2.75, 3.05) is 24.9 Å². The first-order valence-corrected chi connectivity index (χ1v) is 10.6. The number of ether oxygens (including phenoxy) is 2. The number of anilines is 2. The Labute approximate surface area is 196 Å². The first kappa shape index (κ1) is 22.2. The van der Waals surface area contributed by atoms with Gasteiger partial charge in [-0.05, 0) is 73.2 Å². The molecule has 4 aromatic rings. The van der Waals surface area contributed by atoms with Crippen molar-refractivity contribution in [2.45, 2.75) is 6.92 Å². The Balaban J connectivity index is 1.44. The van der Waals surface area contributed by atoms with Crippen LogP contribution >= 0.6 is 11.6 Å². The van der Waals surface area contributed by atoms with Gasteiger partial charge in [0.15, 0.2) is 11.5 Å². The molecule has 0 aliphatic carbocycles. The Morgan fingerprint density at radius 2 is 1.58 bits per heavy atom. The van der Waals surface area contributed by atoms with Gasteiger partial charge in [0.2, 0.25) is 0 Å². The highest BCUT2D eigenvalue weighted by molar-refractivity contribution is 6.31. The monoisotopic (exact) mass is 462 g/mol. The minimum Gasteiger partial charge on any atom is -0.493 e. The van der Waals surface area contributed by atoms with E-state index >= 15 is 0 Å². The number of carbonyl (C=O) groups excluding carboxylic acids is 1. The van der Waals surface area contributed by atoms with Crippen LogP contribution in [-0.2, 0) is 0 Å². The molecule has 33 heavy (non-hydrogen) atoms. The molecule has 0 saturated carbocycles. The van der Waals surface area contributed by atoms with E-state index in [0.717, 1.165) is 22.5 Å². The summed E-state index contributed by atoms with van der Waals surface area (Å²) >= 11 is 6.11. The molecular formula is C25H23ClN4O3. The molecule has 4 rings (SSSR count). The van der Waals surface area contributed by atoms with Crippen molar-refractivity contribution in [1.29, 1.82) is 0 Å². The van der Waals surface area contributed by atoms with E-state index in [1.54, 1.807) is 31.0 Å². The van der Waals surface area contributed by atoms with Gasteiger partial charge in [0.1, 0.15) is 0 Å². The van der Waals surface area contributed by atoms with E-state index < -0.39 is 0 Å². The summed E-state index contributed by atoms with van der Waals surface area (Å²) in [6, 6.07) is 20.0. The van der Waals surface area contributed by atoms with Gasteiger partial charge in [-0.25, -0.2) is 9.48 Å². The van der Waals surface area contributed by atoms with Gasteiger partial charge in [0, 0.05) is 28.2 Å². The summed E-state index contributed by atoms with van der Waals surface area (Å²) in [7, 11) is 3.21. The van der Waals surface area contributed by atoms with Crippen LogP contribution in [0.5, 0.6) is 11.5 Å². The number of aromatic nitrogens is 2. The van der Waals surface area contributed by atoms with Crippen LogP contribution in [0.3, 0.4) is 0 Å². The molecule has 0 saturated heterocycles. The molecule has 0 unspecified atom stereocenters. The average molecular weight is 463 g/mol. The maximum atomic E-state index is 12.3. The fraction of sp³-hybridized carbons (Fsp3) is 0.120. The van der Waals surface area contributed by atoms with Crippen molar-refractivity contribution in [3.63, 3.8) is 0 Å². The number of methoxy groups -OCH3 is 2. The second-order valence-corrected chi connectivity index (χ2v) is 7.71. The van der Waals surface area contributed by atoms with Crippen molar-refractivity contribution in [1.82, 2.24) is 9.78 Å². The fourth-order valence-electron chi connectivity index (χ4n) is 3.28. The second-order valence-electron chi connectivity index (χ2n) is 7.31. The van der Waals surface area contributed by atoms with Crippen LogP contribution in [0.4, 0.5) is 16.2 Å². The summed E-state index contributed by atoms with van der Waals surface area (Å²) in [6.07, 6.45) is 1.88. The summed E-state index contributed by atoms with van der Waals surface area (Å²) in [5, 5.41) is 10.8. The summed E-state index contributed by atoms with van der Waals surface area (Å²) in [5.41, 5.74) is 4.80. The number of nitrogens with one attached hydrogen (secondary N) is 2. The lowest BCUT2D eigenvalue weighted by atomic mass is 10.1. The second kappa shape index (κ2) is 9.67. The molecule has 1 heterocycles. The molecule has 0 spiro atoms. The number of carbonyl (C=O) groups is 1. The van der Waals surface area contributed by atoms with Crippen LogP contribution < -0.4 is 20.1 Å². The van der Waals surface area contributed by atoms with E-state index in [9.17, 15) is 4.79 Å². The van der Waals surface area contributed by atoms with Crippen molar-refractivity contribution >= 4 is 29.0 Å². The zero-order chi connectivity index (χ0) is 23.4. The van der Waals surface area contributed by atoms with E-state index in [2.05, 4.69) is 15.7 Å². The zero-order valence-electron chi connectivity index (χ0n) is 18.4. The van der Waals surface area contributed by atoms with Crippen molar-refractivity contribution in [3.05, 3.63) is 83.5 Å². The van der Waals surface area contributed by atoms with E-state index in [-0.39, 0.29) is 6.03 Å². The average Bonchev–Trinajstić information content (AvgIpc) is 3.32. The van der Waals surface area contributed by atoms with E-state index in [0.29, 0.717) is 27.9 Å². The van der Waals surface area contributed by atoms with Crippen molar-refractivity contribution < 1.29 is 14.3 Å². The molecule has 7 nitrogen and oxygen atoms in total. The van der Waals surface area contributed by atoms with E-state index in [4.69, 9.17) is 21.1 Å². The number of rotatable bonds is 6. The minimum absolute atomic E-state index is 0.350. The van der Waals surface area contributed by atoms with Crippen LogP contribution in [0.25, 0.3) is 16.9 Å². The Morgan fingerprint density at radius 1 is 0.879 bits per heavy atom. The summed E-state index contributed by atoms with van der Waals surface area (Å²) in [4.78, 5) is 12.3. The predicted octanol–water partition coefficient (Wildman–Crippen LogP) is 6.16. The predicted molar refractivity (Wildman–Crippen MR) is 131 cm³/mol. The van der Waals surface area contributed by atoms with Gasteiger partial charge in [-0.2, -0.15) is 5.10 Å². The standard InChI is InChI=1S/C25H23ClN4O3/c1-16-4-6-19(15-21(16)26)28-25(31)27-18-7-9-20(10-8-18)30-13-12-22(29-30)17-5-11-23(32-2)24(14-17)33-3/h4-15H,1-3H3,(H2,27,28,31). The largest absolute Gasteiger partial charge is 0.493 e. The van der Waals surface area contributed by atoms with Crippen molar-refractivity contribution in [3.8, 4) is 28.4 Å². The molecule has 0 aliphatic rings. The highest BCUT2D eigenvalue weighted by atomic mass is 35.5. The van der Waals surface area contributed by atoms with Gasteiger partial charge in [0.25, 0.3) is 0 Å². The highest BCUT2D eigenvalue weighted by Gasteiger charge is 2.10. The number of halogens is 1. The molecule has 0 fully saturated rings. The van der Waals surface area contributed by atoms with E-state index in [1.165, 1.54) is 0 Å². The highest BCUT2D eigenvalue weighted by Crippen LogP contribution is 2.31. The Bertz CT molecular complexity index is 1290. The van der Waals surface area contributed by atoms with Crippen LogP contribution in [0.2, 0.25) is 5.02 Å². The number of benzene rings is 3. The topological polar surface area (TPSA) is 77.4 Å². The number of urea groups is 1. The molecule has 2 N–H and O–H groups in total. The minimum atomic E-state index is -0.350. The molecule has 2 amide bonds. The van der Waals surface area contributed by atoms with Crippen LogP contribution in [0, 0.1) is 6.92 Å². The number of hydrogen-bond donors (Lipinski definition) is 2. The molecule has 1 aromatic heterocycles. The van der Waals surface area contributed by atoms with Gasteiger partial charge < -0.3 is 20.1 Å². The van der Waals surface area contributed by atoms with Crippen LogP contribution in [0.1, 0.15) is 5.56 Å². The van der Waals surface area contributed by atoms with Crippen molar-refractivity contribution in [2.24, 2.45) is 0 Å². The molecule has 0 bridgehead atoms. The lowest BCUT2D eigenvalue weighted by molar-refractivity contribution is 0.262. The third-order valence-corrected chi connectivity index (χ3v) is 5.50. The fourth-order valence-corrected chi connectivity index (χ4v) is 3.46. The summed E-state index contributed by atoms with van der Waals surface area (Å²) in [6.45, 7) is 1.91. The Morgan fingerprint density at radius 3 is 2.27 bits per heavy atom. The van der Waals surface area contributed by atoms with Gasteiger partial charge in [-0.15, -0.1) is 0 Å². The maximum absolute atomic E-state index is 12.3. The summed E-state index contributed by atoms with van der Waals surface area (Å²) < 4.78 is 12.4. The number of hydrogen-bond acceptors (Lipinski definition) is 4. The zero-order valence-corrected chi connectivity index (χ0v) is 19.2. The molecule has 0 aliphatic heterocycles. The quantitative estimate of drug-likeness (QED) is 0.359. The third kappa shape index (κ3) is 5.10. The molecule has 168 valence electrons. The number of amides is 2. The van der Waals surface area contributed by atoms with Crippen LogP contribution in [-0.4, -0.2) is 30.0 Å². The molecular weight excluding hydrogens is 440 g/mol. The number of aryl methyl sites for hydroxylation is 1. The SMILES string of the molecule is COc1ccc(-c2ccn(-c3ccc(NC(=O)Nc4ccc(C)c(Cl)c4)cc3)n2)cc1OC. The molecule has 0 atom stereocenters. The maximum Gasteiger partial charge on any atom is 0.323 e. The lowest BCUT2D eigenvalue weighted by Crippen LogP contribution is -2.19. The van der Waals surface area contributed by atoms with Gasteiger partial charge in [0.05, 0.1) is 25.6 Å². The molecule has 8 heteroatoms. The van der Waals surface area contributed by atoms with E-state index in [1.807, 2.05) is 67.7 Å². The normalized spacial score (nSPS) is 10.5. The smallest absolute Gasteiger partial charge is 0.323 e. The summed E-state index contributed by atoms with van der Waals surface area (Å²) in [5.74, 6) is 1.31. The Hall–Kier alpha value is -3.97. The molecule has 0 radical (unpaired) electrons. The molecule has 3 aromatic carbocycles. The Kier molecular flexibility index (Phi) is 6.51. The lowest BCUT2D eigenvalue weighted by Gasteiger charge is -2.10.